The summed E-state index contributed by atoms with van der Waals surface area (Å²) in [6.07, 6.45) is 4.37. The number of hydrogen-bond donors (Lipinski definition) is 0. The average Bonchev–Trinajstić information content (AvgIpc) is 2.11. The largest absolute Gasteiger partial charge is 0.370 e. The summed E-state index contributed by atoms with van der Waals surface area (Å²) < 4.78 is 11.7. The highest BCUT2D eigenvalue weighted by atomic mass is 16.6. The molecule has 0 aromatic carbocycles. The van der Waals surface area contributed by atoms with Gasteiger partial charge in [0, 0.05) is 0 Å². The first-order chi connectivity index (χ1) is 6.83. The van der Waals surface area contributed by atoms with E-state index in [0.717, 1.165) is 12.8 Å². The predicted octanol–water partition coefficient (Wildman–Crippen LogP) is 3.32. The topological polar surface area (TPSA) is 18.5 Å². The summed E-state index contributed by atoms with van der Waals surface area (Å²) in [5, 5.41) is 0. The Kier molecular flexibility index (Phi) is 3.96. The number of hydrogen-bond acceptors (Lipinski definition) is 2. The molecule has 2 nitrogen and oxygen atoms in total. The summed E-state index contributed by atoms with van der Waals surface area (Å²) in [5.41, 5.74) is 1.16. The van der Waals surface area contributed by atoms with Gasteiger partial charge in [-0.2, -0.15) is 0 Å². The zero-order valence-electron chi connectivity index (χ0n) is 10.7. The standard InChI is InChI=1S/C13H24O2/c1-11(2)7-6-8-13(5)10-14-12(3,4)9-15-13/h7H,6,8-10H2,1-5H3. The van der Waals surface area contributed by atoms with Crippen molar-refractivity contribution in [1.29, 1.82) is 0 Å². The van der Waals surface area contributed by atoms with E-state index in [1.165, 1.54) is 5.57 Å². The average molecular weight is 212 g/mol. The summed E-state index contributed by atoms with van der Waals surface area (Å²) in [5.74, 6) is 0. The molecular formula is C13H24O2. The van der Waals surface area contributed by atoms with E-state index in [2.05, 4.69) is 40.7 Å². The van der Waals surface area contributed by atoms with E-state index in [9.17, 15) is 0 Å². The van der Waals surface area contributed by atoms with Crippen LogP contribution in [0.1, 0.15) is 47.5 Å². The van der Waals surface area contributed by atoms with Gasteiger partial charge >= 0.3 is 0 Å². The second-order valence-corrected chi connectivity index (χ2v) is 5.61. The fourth-order valence-electron chi connectivity index (χ4n) is 1.59. The van der Waals surface area contributed by atoms with Crippen molar-refractivity contribution in [3.63, 3.8) is 0 Å². The molecule has 0 aliphatic carbocycles. The lowest BCUT2D eigenvalue weighted by atomic mass is 9.97. The molecule has 1 unspecified atom stereocenters. The molecule has 88 valence electrons. The van der Waals surface area contributed by atoms with Crippen LogP contribution in [0.3, 0.4) is 0 Å². The Labute approximate surface area is 93.7 Å². The Bertz CT molecular complexity index is 227. The molecule has 1 fully saturated rings. The fourth-order valence-corrected chi connectivity index (χ4v) is 1.59. The monoisotopic (exact) mass is 212 g/mol. The van der Waals surface area contributed by atoms with Crippen LogP contribution in [0.2, 0.25) is 0 Å². The van der Waals surface area contributed by atoms with E-state index < -0.39 is 0 Å². The van der Waals surface area contributed by atoms with Crippen LogP contribution in [0.5, 0.6) is 0 Å². The molecular weight excluding hydrogens is 188 g/mol. The van der Waals surface area contributed by atoms with Gasteiger partial charge in [0.25, 0.3) is 0 Å². The highest BCUT2D eigenvalue weighted by Crippen LogP contribution is 2.28. The van der Waals surface area contributed by atoms with Gasteiger partial charge in [-0.25, -0.2) is 0 Å². The van der Waals surface area contributed by atoms with Crippen LogP contribution in [0.4, 0.5) is 0 Å². The molecule has 1 atom stereocenters. The summed E-state index contributed by atoms with van der Waals surface area (Å²) in [6, 6.07) is 0. The van der Waals surface area contributed by atoms with Crippen molar-refractivity contribution in [3.8, 4) is 0 Å². The first-order valence-electron chi connectivity index (χ1n) is 5.74. The SMILES string of the molecule is CC(C)=CCCC1(C)COC(C)(C)CO1. The van der Waals surface area contributed by atoms with Crippen LogP contribution in [0, 0.1) is 0 Å². The van der Waals surface area contributed by atoms with Gasteiger partial charge in [-0.15, -0.1) is 0 Å². The Hall–Kier alpha value is -0.340. The van der Waals surface area contributed by atoms with E-state index >= 15 is 0 Å². The Morgan fingerprint density at radius 2 is 1.80 bits per heavy atom. The molecule has 0 amide bonds. The van der Waals surface area contributed by atoms with Crippen molar-refractivity contribution in [2.75, 3.05) is 13.2 Å². The molecule has 0 spiro atoms. The van der Waals surface area contributed by atoms with E-state index in [1.807, 2.05) is 0 Å². The molecule has 1 heterocycles. The maximum atomic E-state index is 5.91. The van der Waals surface area contributed by atoms with Crippen molar-refractivity contribution in [1.82, 2.24) is 0 Å². The molecule has 1 saturated heterocycles. The van der Waals surface area contributed by atoms with Crippen LogP contribution in [-0.4, -0.2) is 24.4 Å². The molecule has 15 heavy (non-hydrogen) atoms. The summed E-state index contributed by atoms with van der Waals surface area (Å²) >= 11 is 0. The molecule has 1 rings (SSSR count). The van der Waals surface area contributed by atoms with Crippen LogP contribution in [0.15, 0.2) is 11.6 Å². The minimum absolute atomic E-state index is 0.0958. The maximum Gasteiger partial charge on any atom is 0.0891 e. The third-order valence-electron chi connectivity index (χ3n) is 2.76. The number of allylic oxidation sites excluding steroid dienone is 2. The highest BCUT2D eigenvalue weighted by molar-refractivity contribution is 4.95. The Morgan fingerprint density at radius 1 is 1.13 bits per heavy atom. The van der Waals surface area contributed by atoms with Crippen LogP contribution < -0.4 is 0 Å². The molecule has 1 aliphatic heterocycles. The van der Waals surface area contributed by atoms with Gasteiger partial charge in [0.05, 0.1) is 24.4 Å². The van der Waals surface area contributed by atoms with Gasteiger partial charge in [-0.1, -0.05) is 11.6 Å². The van der Waals surface area contributed by atoms with Gasteiger partial charge in [0.15, 0.2) is 0 Å². The Morgan fingerprint density at radius 3 is 2.27 bits per heavy atom. The molecule has 0 radical (unpaired) electrons. The van der Waals surface area contributed by atoms with E-state index in [0.29, 0.717) is 13.2 Å². The van der Waals surface area contributed by atoms with Crippen molar-refractivity contribution >= 4 is 0 Å². The van der Waals surface area contributed by atoms with Crippen molar-refractivity contribution in [3.05, 3.63) is 11.6 Å². The summed E-state index contributed by atoms with van der Waals surface area (Å²) in [6.45, 7) is 11.9. The zero-order valence-corrected chi connectivity index (χ0v) is 10.7. The maximum absolute atomic E-state index is 5.91. The van der Waals surface area contributed by atoms with Crippen LogP contribution in [-0.2, 0) is 9.47 Å². The fraction of sp³-hybridized carbons (Fsp3) is 0.846. The zero-order chi connectivity index (χ0) is 11.5. The Balaban J connectivity index is 2.38. The first-order valence-corrected chi connectivity index (χ1v) is 5.74. The second-order valence-electron chi connectivity index (χ2n) is 5.61. The summed E-state index contributed by atoms with van der Waals surface area (Å²) in [4.78, 5) is 0. The molecule has 1 aliphatic rings. The van der Waals surface area contributed by atoms with Crippen molar-refractivity contribution < 1.29 is 9.47 Å². The lowest BCUT2D eigenvalue weighted by molar-refractivity contribution is -0.218. The van der Waals surface area contributed by atoms with Crippen molar-refractivity contribution in [2.24, 2.45) is 0 Å². The van der Waals surface area contributed by atoms with Crippen molar-refractivity contribution in [2.45, 2.75) is 58.7 Å². The smallest absolute Gasteiger partial charge is 0.0891 e. The number of ether oxygens (including phenoxy) is 2. The van der Waals surface area contributed by atoms with Gasteiger partial charge in [0.1, 0.15) is 0 Å². The molecule has 0 saturated carbocycles. The lowest BCUT2D eigenvalue weighted by Gasteiger charge is -2.41. The van der Waals surface area contributed by atoms with E-state index in [1.54, 1.807) is 0 Å². The highest BCUT2D eigenvalue weighted by Gasteiger charge is 2.35. The third kappa shape index (κ3) is 4.35. The minimum atomic E-state index is -0.115. The minimum Gasteiger partial charge on any atom is -0.370 e. The van der Waals surface area contributed by atoms with Crippen LogP contribution in [0.25, 0.3) is 0 Å². The molecule has 0 aromatic rings. The number of rotatable bonds is 3. The molecule has 0 aromatic heterocycles. The predicted molar refractivity (Wildman–Crippen MR) is 63.1 cm³/mol. The van der Waals surface area contributed by atoms with Gasteiger partial charge in [-0.05, 0) is 47.5 Å². The molecule has 0 bridgehead atoms. The van der Waals surface area contributed by atoms with Gasteiger partial charge < -0.3 is 9.47 Å². The normalized spacial score (nSPS) is 29.9. The first kappa shape index (κ1) is 12.7. The van der Waals surface area contributed by atoms with Crippen LogP contribution >= 0.6 is 0 Å². The van der Waals surface area contributed by atoms with Gasteiger partial charge in [-0.3, -0.25) is 0 Å². The molecule has 0 N–H and O–H groups in total. The van der Waals surface area contributed by atoms with E-state index in [4.69, 9.17) is 9.47 Å². The summed E-state index contributed by atoms with van der Waals surface area (Å²) in [7, 11) is 0. The lowest BCUT2D eigenvalue weighted by Crippen LogP contribution is -2.49. The van der Waals surface area contributed by atoms with Gasteiger partial charge in [0.2, 0.25) is 0 Å². The van der Waals surface area contributed by atoms with E-state index in [-0.39, 0.29) is 11.2 Å². The third-order valence-corrected chi connectivity index (χ3v) is 2.76. The molecule has 2 heteroatoms. The second kappa shape index (κ2) is 4.67. The quantitative estimate of drug-likeness (QED) is 0.668.